The van der Waals surface area contributed by atoms with Gasteiger partial charge in [0.2, 0.25) is 10.0 Å². The molecule has 0 amide bonds. The summed E-state index contributed by atoms with van der Waals surface area (Å²) in [7, 11) is -3.66. The van der Waals surface area contributed by atoms with Crippen LogP contribution in [0.25, 0.3) is 0 Å². The predicted molar refractivity (Wildman–Crippen MR) is 108 cm³/mol. The zero-order chi connectivity index (χ0) is 20.1. The van der Waals surface area contributed by atoms with Crippen molar-refractivity contribution in [3.05, 3.63) is 75.8 Å². The van der Waals surface area contributed by atoms with E-state index in [2.05, 4.69) is 17.0 Å². The molecule has 1 heterocycles. The lowest BCUT2D eigenvalue weighted by Crippen LogP contribution is -2.42. The smallest absolute Gasteiger partial charge is 0.273 e. The molecule has 0 aliphatic carbocycles. The van der Waals surface area contributed by atoms with Gasteiger partial charge in [-0.2, -0.15) is 4.31 Å². The number of benzene rings is 2. The SMILES string of the molecule is CCN(C1CCN(Cc2ccccc2)C1)S(=O)(=O)Cc1ccccc1[N+](=O)[O-]. The van der Waals surface area contributed by atoms with Gasteiger partial charge in [-0.1, -0.05) is 55.5 Å². The van der Waals surface area contributed by atoms with Crippen LogP contribution in [0, 0.1) is 10.1 Å². The summed E-state index contributed by atoms with van der Waals surface area (Å²) in [5.41, 5.74) is 1.28. The molecule has 0 spiro atoms. The van der Waals surface area contributed by atoms with Gasteiger partial charge < -0.3 is 0 Å². The third-order valence-corrected chi connectivity index (χ3v) is 7.05. The Balaban J connectivity index is 1.71. The molecule has 2 aromatic rings. The molecule has 1 aliphatic heterocycles. The quantitative estimate of drug-likeness (QED) is 0.500. The van der Waals surface area contributed by atoms with Crippen molar-refractivity contribution >= 4 is 15.7 Å². The standard InChI is InChI=1S/C20H25N3O4S/c1-2-22(19-12-13-21(15-19)14-17-8-4-3-5-9-17)28(26,27)16-18-10-6-7-11-20(18)23(24)25/h3-11,19H,2,12-16H2,1H3. The van der Waals surface area contributed by atoms with Gasteiger partial charge in [0.15, 0.2) is 0 Å². The molecule has 8 heteroatoms. The van der Waals surface area contributed by atoms with Gasteiger partial charge in [0.1, 0.15) is 0 Å². The van der Waals surface area contributed by atoms with Crippen LogP contribution >= 0.6 is 0 Å². The molecule has 7 nitrogen and oxygen atoms in total. The average Bonchev–Trinajstić information content (AvgIpc) is 3.10. The zero-order valence-electron chi connectivity index (χ0n) is 15.9. The number of hydrogen-bond acceptors (Lipinski definition) is 5. The van der Waals surface area contributed by atoms with E-state index in [4.69, 9.17) is 0 Å². The molecule has 0 N–H and O–H groups in total. The molecule has 1 unspecified atom stereocenters. The molecular formula is C20H25N3O4S. The van der Waals surface area contributed by atoms with Gasteiger partial charge in [0, 0.05) is 43.9 Å². The first kappa shape index (κ1) is 20.4. The minimum absolute atomic E-state index is 0.110. The van der Waals surface area contributed by atoms with Crippen molar-refractivity contribution in [3.8, 4) is 0 Å². The van der Waals surface area contributed by atoms with Crippen LogP contribution in [0.5, 0.6) is 0 Å². The maximum atomic E-state index is 13.0. The lowest BCUT2D eigenvalue weighted by molar-refractivity contribution is -0.385. The Bertz CT molecular complexity index is 918. The summed E-state index contributed by atoms with van der Waals surface area (Å²) >= 11 is 0. The Morgan fingerprint density at radius 1 is 1.14 bits per heavy atom. The van der Waals surface area contributed by atoms with E-state index in [-0.39, 0.29) is 23.0 Å². The highest BCUT2D eigenvalue weighted by Gasteiger charge is 2.35. The molecule has 0 radical (unpaired) electrons. The third-order valence-electron chi connectivity index (χ3n) is 5.10. The fraction of sp³-hybridized carbons (Fsp3) is 0.400. The van der Waals surface area contributed by atoms with Gasteiger partial charge in [-0.25, -0.2) is 8.42 Å². The molecule has 0 aromatic heterocycles. The summed E-state index contributed by atoms with van der Waals surface area (Å²) in [5, 5.41) is 11.2. The van der Waals surface area contributed by atoms with E-state index < -0.39 is 14.9 Å². The largest absolute Gasteiger partial charge is 0.297 e. The molecule has 2 aromatic carbocycles. The lowest BCUT2D eigenvalue weighted by atomic mass is 10.2. The summed E-state index contributed by atoms with van der Waals surface area (Å²) in [6.07, 6.45) is 0.761. The first-order chi connectivity index (χ1) is 13.4. The van der Waals surface area contributed by atoms with Crippen LogP contribution in [0.2, 0.25) is 0 Å². The minimum atomic E-state index is -3.66. The maximum absolute atomic E-state index is 13.0. The van der Waals surface area contributed by atoms with Gasteiger partial charge >= 0.3 is 0 Å². The Morgan fingerprint density at radius 3 is 2.50 bits per heavy atom. The van der Waals surface area contributed by atoms with Gasteiger partial charge in [-0.3, -0.25) is 15.0 Å². The van der Waals surface area contributed by atoms with Crippen LogP contribution in [-0.2, 0) is 22.3 Å². The van der Waals surface area contributed by atoms with Crippen LogP contribution in [0.1, 0.15) is 24.5 Å². The van der Waals surface area contributed by atoms with E-state index in [1.807, 2.05) is 25.1 Å². The number of likely N-dealkylation sites (N-methyl/N-ethyl adjacent to an activating group) is 1. The number of nitro benzene ring substituents is 1. The second kappa shape index (κ2) is 8.81. The highest BCUT2D eigenvalue weighted by molar-refractivity contribution is 7.88. The Morgan fingerprint density at radius 2 is 1.82 bits per heavy atom. The van der Waals surface area contributed by atoms with Crippen LogP contribution in [0.3, 0.4) is 0 Å². The molecule has 0 bridgehead atoms. The van der Waals surface area contributed by atoms with E-state index in [1.54, 1.807) is 12.1 Å². The lowest BCUT2D eigenvalue weighted by Gasteiger charge is -2.27. The zero-order valence-corrected chi connectivity index (χ0v) is 16.7. The highest BCUT2D eigenvalue weighted by atomic mass is 32.2. The molecule has 28 heavy (non-hydrogen) atoms. The molecule has 1 saturated heterocycles. The van der Waals surface area contributed by atoms with Gasteiger partial charge in [-0.15, -0.1) is 0 Å². The first-order valence-electron chi connectivity index (χ1n) is 9.39. The molecular weight excluding hydrogens is 378 g/mol. The summed E-state index contributed by atoms with van der Waals surface area (Å²) in [4.78, 5) is 12.9. The van der Waals surface area contributed by atoms with E-state index in [1.165, 1.54) is 22.0 Å². The van der Waals surface area contributed by atoms with Gasteiger partial charge in [0.25, 0.3) is 5.69 Å². The molecule has 150 valence electrons. The number of nitro groups is 1. The molecule has 1 atom stereocenters. The topological polar surface area (TPSA) is 83.8 Å². The molecule has 1 fully saturated rings. The Hall–Kier alpha value is -2.29. The van der Waals surface area contributed by atoms with Crippen LogP contribution in [0.4, 0.5) is 5.69 Å². The minimum Gasteiger partial charge on any atom is -0.297 e. The third kappa shape index (κ3) is 4.76. The molecule has 0 saturated carbocycles. The van der Waals surface area contributed by atoms with Crippen molar-refractivity contribution in [2.24, 2.45) is 0 Å². The van der Waals surface area contributed by atoms with Gasteiger partial charge in [-0.05, 0) is 12.0 Å². The van der Waals surface area contributed by atoms with Crippen LogP contribution < -0.4 is 0 Å². The average molecular weight is 404 g/mol. The summed E-state index contributed by atoms with van der Waals surface area (Å²) < 4.78 is 27.6. The Labute approximate surface area is 165 Å². The van der Waals surface area contributed by atoms with Crippen LogP contribution in [0.15, 0.2) is 54.6 Å². The first-order valence-corrected chi connectivity index (χ1v) is 11.0. The molecule has 1 aliphatic rings. The number of sulfonamides is 1. The van der Waals surface area contributed by atoms with Gasteiger partial charge in [0.05, 0.1) is 10.7 Å². The number of hydrogen-bond donors (Lipinski definition) is 0. The maximum Gasteiger partial charge on any atom is 0.273 e. The number of nitrogens with zero attached hydrogens (tertiary/aromatic N) is 3. The number of para-hydroxylation sites is 1. The fourth-order valence-electron chi connectivity index (χ4n) is 3.80. The van der Waals surface area contributed by atoms with E-state index in [0.29, 0.717) is 13.1 Å². The number of likely N-dealkylation sites (tertiary alicyclic amines) is 1. The van der Waals surface area contributed by atoms with E-state index >= 15 is 0 Å². The normalized spacial score (nSPS) is 17.9. The van der Waals surface area contributed by atoms with Crippen molar-refractivity contribution in [2.45, 2.75) is 31.7 Å². The summed E-state index contributed by atoms with van der Waals surface area (Å²) in [6, 6.07) is 16.0. The fourth-order valence-corrected chi connectivity index (χ4v) is 5.63. The summed E-state index contributed by atoms with van der Waals surface area (Å²) in [6.45, 7) is 4.46. The second-order valence-electron chi connectivity index (χ2n) is 7.01. The second-order valence-corrected chi connectivity index (χ2v) is 8.93. The van der Waals surface area contributed by atoms with Crippen molar-refractivity contribution in [1.29, 1.82) is 0 Å². The van der Waals surface area contributed by atoms with Crippen molar-refractivity contribution in [1.82, 2.24) is 9.21 Å². The summed E-state index contributed by atoms with van der Waals surface area (Å²) in [5.74, 6) is -0.354. The van der Waals surface area contributed by atoms with Crippen molar-refractivity contribution in [2.75, 3.05) is 19.6 Å². The Kier molecular flexibility index (Phi) is 6.43. The van der Waals surface area contributed by atoms with Crippen LogP contribution in [-0.4, -0.2) is 48.2 Å². The molecule has 3 rings (SSSR count). The highest BCUT2D eigenvalue weighted by Crippen LogP contribution is 2.25. The monoisotopic (exact) mass is 403 g/mol. The van der Waals surface area contributed by atoms with Crippen molar-refractivity contribution < 1.29 is 13.3 Å². The van der Waals surface area contributed by atoms with E-state index in [0.717, 1.165) is 19.5 Å². The van der Waals surface area contributed by atoms with Crippen molar-refractivity contribution in [3.63, 3.8) is 0 Å². The van der Waals surface area contributed by atoms with E-state index in [9.17, 15) is 18.5 Å². The number of rotatable bonds is 8. The predicted octanol–water partition coefficient (Wildman–Crippen LogP) is 3.02.